The zero-order valence-corrected chi connectivity index (χ0v) is 13.5. The van der Waals surface area contributed by atoms with Gasteiger partial charge in [0.1, 0.15) is 0 Å². The second-order valence-electron chi connectivity index (χ2n) is 5.90. The Balaban J connectivity index is 1.55. The highest BCUT2D eigenvalue weighted by atomic mass is 16.6. The molecule has 0 radical (unpaired) electrons. The number of hydrogen-bond donors (Lipinski definition) is 0. The quantitative estimate of drug-likeness (QED) is 0.795. The molecule has 124 valence electrons. The minimum Gasteiger partial charge on any atom is -0.450 e. The molecular weight excluding hydrogens is 294 g/mol. The third kappa shape index (κ3) is 3.41. The lowest BCUT2D eigenvalue weighted by molar-refractivity contribution is 0.0776. The molecule has 0 saturated carbocycles. The van der Waals surface area contributed by atoms with E-state index in [1.165, 1.54) is 11.1 Å². The summed E-state index contributed by atoms with van der Waals surface area (Å²) in [6.45, 7) is 5.81. The van der Waals surface area contributed by atoms with Gasteiger partial charge in [-0.2, -0.15) is 0 Å². The highest BCUT2D eigenvalue weighted by Gasteiger charge is 2.29. The fourth-order valence-corrected chi connectivity index (χ4v) is 3.15. The molecular formula is C17H23N3O3. The second kappa shape index (κ2) is 6.89. The molecule has 1 aromatic carbocycles. The van der Waals surface area contributed by atoms with Gasteiger partial charge in [0, 0.05) is 39.3 Å². The molecule has 0 bridgehead atoms. The fourth-order valence-electron chi connectivity index (χ4n) is 3.15. The van der Waals surface area contributed by atoms with E-state index in [0.29, 0.717) is 39.3 Å². The largest absolute Gasteiger partial charge is 0.450 e. The van der Waals surface area contributed by atoms with Gasteiger partial charge in [-0.3, -0.25) is 0 Å². The van der Waals surface area contributed by atoms with Gasteiger partial charge in [0.2, 0.25) is 0 Å². The number of nitrogens with zero attached hydrogens (tertiary/aromatic N) is 3. The zero-order valence-electron chi connectivity index (χ0n) is 13.5. The summed E-state index contributed by atoms with van der Waals surface area (Å²) in [6.07, 6.45) is 0.622. The van der Waals surface area contributed by atoms with Crippen molar-refractivity contribution < 1.29 is 14.3 Å². The molecule has 6 heteroatoms. The Bertz CT molecular complexity index is 582. The number of amides is 3. The van der Waals surface area contributed by atoms with Gasteiger partial charge in [-0.25, -0.2) is 9.59 Å². The van der Waals surface area contributed by atoms with Gasteiger partial charge in [0.25, 0.3) is 0 Å². The Morgan fingerprint density at radius 2 is 1.61 bits per heavy atom. The van der Waals surface area contributed by atoms with E-state index >= 15 is 0 Å². The van der Waals surface area contributed by atoms with Crippen LogP contribution in [0.5, 0.6) is 0 Å². The monoisotopic (exact) mass is 317 g/mol. The van der Waals surface area contributed by atoms with E-state index in [0.717, 1.165) is 13.0 Å². The van der Waals surface area contributed by atoms with Crippen LogP contribution in [0.1, 0.15) is 18.1 Å². The molecule has 0 aromatic heterocycles. The van der Waals surface area contributed by atoms with E-state index in [9.17, 15) is 9.59 Å². The number of rotatable bonds is 1. The lowest BCUT2D eigenvalue weighted by Crippen LogP contribution is -2.54. The highest BCUT2D eigenvalue weighted by Crippen LogP contribution is 2.20. The molecule has 2 aliphatic heterocycles. The van der Waals surface area contributed by atoms with Crippen molar-refractivity contribution in [1.82, 2.24) is 14.7 Å². The summed E-state index contributed by atoms with van der Waals surface area (Å²) >= 11 is 0. The molecule has 6 nitrogen and oxygen atoms in total. The van der Waals surface area contributed by atoms with Crippen molar-refractivity contribution >= 4 is 12.1 Å². The smallest absolute Gasteiger partial charge is 0.409 e. The number of urea groups is 1. The fraction of sp³-hybridized carbons (Fsp3) is 0.529. The maximum absolute atomic E-state index is 12.7. The summed E-state index contributed by atoms with van der Waals surface area (Å²) in [7, 11) is 0. The lowest BCUT2D eigenvalue weighted by atomic mass is 10.0. The first-order chi connectivity index (χ1) is 11.2. The van der Waals surface area contributed by atoms with E-state index < -0.39 is 0 Å². The molecule has 2 heterocycles. The third-order valence-corrected chi connectivity index (χ3v) is 4.48. The number of benzene rings is 1. The molecule has 0 unspecified atom stereocenters. The standard InChI is InChI=1S/C17H23N3O3/c1-2-23-17(22)19-11-9-18(10-12-19)16(21)20-8-7-14-5-3-4-6-15(14)13-20/h3-6H,2,7-13H2,1H3. The van der Waals surface area contributed by atoms with Gasteiger partial charge in [0.05, 0.1) is 6.61 Å². The highest BCUT2D eigenvalue weighted by molar-refractivity contribution is 5.75. The Morgan fingerprint density at radius 1 is 0.957 bits per heavy atom. The minimum atomic E-state index is -0.286. The molecule has 1 fully saturated rings. The summed E-state index contributed by atoms with van der Waals surface area (Å²) in [5, 5.41) is 0. The first-order valence-corrected chi connectivity index (χ1v) is 8.21. The van der Waals surface area contributed by atoms with Crippen LogP contribution in [0.15, 0.2) is 24.3 Å². The number of carbonyl (C=O) groups is 2. The molecule has 0 aliphatic carbocycles. The number of hydrogen-bond acceptors (Lipinski definition) is 3. The van der Waals surface area contributed by atoms with Crippen molar-refractivity contribution in [2.45, 2.75) is 19.9 Å². The average molecular weight is 317 g/mol. The molecule has 0 atom stereocenters. The molecule has 3 rings (SSSR count). The molecule has 23 heavy (non-hydrogen) atoms. The number of fused-ring (bicyclic) bond motifs is 1. The summed E-state index contributed by atoms with van der Waals surface area (Å²) in [5.41, 5.74) is 2.57. The predicted octanol–water partition coefficient (Wildman–Crippen LogP) is 1.94. The van der Waals surface area contributed by atoms with Gasteiger partial charge in [-0.1, -0.05) is 24.3 Å². The van der Waals surface area contributed by atoms with Crippen LogP contribution >= 0.6 is 0 Å². The number of piperazine rings is 1. The van der Waals surface area contributed by atoms with Crippen molar-refractivity contribution in [2.24, 2.45) is 0 Å². The van der Waals surface area contributed by atoms with Gasteiger partial charge in [-0.15, -0.1) is 0 Å². The first-order valence-electron chi connectivity index (χ1n) is 8.21. The Labute approximate surface area is 136 Å². The van der Waals surface area contributed by atoms with Crippen LogP contribution in [0.25, 0.3) is 0 Å². The first kappa shape index (κ1) is 15.6. The summed E-state index contributed by atoms with van der Waals surface area (Å²) in [4.78, 5) is 29.8. The topological polar surface area (TPSA) is 53.1 Å². The maximum atomic E-state index is 12.7. The molecule has 1 saturated heterocycles. The summed E-state index contributed by atoms with van der Waals surface area (Å²) in [6, 6.07) is 8.36. The molecule has 1 aromatic rings. The van der Waals surface area contributed by atoms with E-state index in [1.54, 1.807) is 11.8 Å². The van der Waals surface area contributed by atoms with Crippen LogP contribution in [0.4, 0.5) is 9.59 Å². The van der Waals surface area contributed by atoms with E-state index in [4.69, 9.17) is 4.74 Å². The van der Waals surface area contributed by atoms with Crippen molar-refractivity contribution in [2.75, 3.05) is 39.3 Å². The SMILES string of the molecule is CCOC(=O)N1CCN(C(=O)N2CCc3ccccc3C2)CC1. The Kier molecular flexibility index (Phi) is 4.69. The predicted molar refractivity (Wildman–Crippen MR) is 86.1 cm³/mol. The third-order valence-electron chi connectivity index (χ3n) is 4.48. The van der Waals surface area contributed by atoms with Gasteiger partial charge >= 0.3 is 12.1 Å². The normalized spacial score (nSPS) is 17.7. The van der Waals surface area contributed by atoms with Crippen LogP contribution in [0, 0.1) is 0 Å². The lowest BCUT2D eigenvalue weighted by Gasteiger charge is -2.38. The number of carbonyl (C=O) groups excluding carboxylic acids is 2. The van der Waals surface area contributed by atoms with Crippen molar-refractivity contribution in [3.05, 3.63) is 35.4 Å². The Hall–Kier alpha value is -2.24. The van der Waals surface area contributed by atoms with Crippen LogP contribution in [-0.2, 0) is 17.7 Å². The summed E-state index contributed by atoms with van der Waals surface area (Å²) in [5.74, 6) is 0. The van der Waals surface area contributed by atoms with Gasteiger partial charge < -0.3 is 19.4 Å². The van der Waals surface area contributed by atoms with E-state index in [1.807, 2.05) is 21.9 Å². The number of ether oxygens (including phenoxy) is 1. The van der Waals surface area contributed by atoms with Crippen LogP contribution in [0.2, 0.25) is 0 Å². The Morgan fingerprint density at radius 3 is 2.30 bits per heavy atom. The minimum absolute atomic E-state index is 0.0722. The van der Waals surface area contributed by atoms with E-state index in [2.05, 4.69) is 12.1 Å². The zero-order chi connectivity index (χ0) is 16.2. The van der Waals surface area contributed by atoms with Gasteiger partial charge in [0.15, 0.2) is 0 Å². The second-order valence-corrected chi connectivity index (χ2v) is 5.90. The molecule has 2 aliphatic rings. The van der Waals surface area contributed by atoms with E-state index in [-0.39, 0.29) is 12.1 Å². The van der Waals surface area contributed by atoms with Crippen LogP contribution < -0.4 is 0 Å². The van der Waals surface area contributed by atoms with Crippen LogP contribution in [0.3, 0.4) is 0 Å². The van der Waals surface area contributed by atoms with Gasteiger partial charge in [-0.05, 0) is 24.5 Å². The van der Waals surface area contributed by atoms with Crippen LogP contribution in [-0.4, -0.2) is 66.2 Å². The van der Waals surface area contributed by atoms with Crippen molar-refractivity contribution in [3.8, 4) is 0 Å². The average Bonchev–Trinajstić information content (AvgIpc) is 2.61. The molecule has 3 amide bonds. The molecule has 0 spiro atoms. The molecule has 0 N–H and O–H groups in total. The van der Waals surface area contributed by atoms with Crippen molar-refractivity contribution in [3.63, 3.8) is 0 Å². The summed E-state index contributed by atoms with van der Waals surface area (Å²) < 4.78 is 5.01. The van der Waals surface area contributed by atoms with Crippen molar-refractivity contribution in [1.29, 1.82) is 0 Å². The maximum Gasteiger partial charge on any atom is 0.409 e.